The van der Waals surface area contributed by atoms with E-state index in [1.165, 1.54) is 30.3 Å². The number of alkyl halides is 3. The van der Waals surface area contributed by atoms with E-state index in [1.54, 1.807) is 0 Å². The van der Waals surface area contributed by atoms with Crippen molar-refractivity contribution in [3.63, 3.8) is 0 Å². The molecule has 0 spiro atoms. The van der Waals surface area contributed by atoms with Gasteiger partial charge in [0, 0.05) is 11.1 Å². The Labute approximate surface area is 147 Å². The Bertz CT molecular complexity index is 874. The lowest BCUT2D eigenvalue weighted by Crippen LogP contribution is -2.33. The fourth-order valence-corrected chi connectivity index (χ4v) is 3.10. The maximum atomic E-state index is 14.3. The second kappa shape index (κ2) is 5.79. The molecule has 1 aliphatic heterocycles. The highest BCUT2D eigenvalue weighted by Crippen LogP contribution is 2.47. The molecule has 7 heteroatoms. The van der Waals surface area contributed by atoms with E-state index in [2.05, 4.69) is 4.98 Å². The summed E-state index contributed by atoms with van der Waals surface area (Å²) in [7, 11) is 0. The van der Waals surface area contributed by atoms with Crippen molar-refractivity contribution in [2.45, 2.75) is 23.9 Å². The monoisotopic (exact) mass is 365 g/mol. The summed E-state index contributed by atoms with van der Waals surface area (Å²) in [6.07, 6.45) is 0.203. The first kappa shape index (κ1) is 17.0. The SMILES string of the molecule is O=C(c1cc2c(c(-c3ccc(F)cc3)n1)OCC2(CF)CF)C1(F)CC1. The zero-order valence-corrected chi connectivity index (χ0v) is 13.7. The van der Waals surface area contributed by atoms with Gasteiger partial charge >= 0.3 is 0 Å². The van der Waals surface area contributed by atoms with E-state index in [4.69, 9.17) is 4.74 Å². The molecule has 0 atom stereocenters. The maximum Gasteiger partial charge on any atom is 0.218 e. The lowest BCUT2D eigenvalue weighted by molar-refractivity contribution is 0.0845. The van der Waals surface area contributed by atoms with Crippen molar-refractivity contribution in [1.82, 2.24) is 4.98 Å². The van der Waals surface area contributed by atoms with Gasteiger partial charge in [-0.05, 0) is 43.2 Å². The van der Waals surface area contributed by atoms with Gasteiger partial charge in [0.15, 0.2) is 5.67 Å². The molecule has 0 N–H and O–H groups in total. The third-order valence-corrected chi connectivity index (χ3v) is 4.99. The third-order valence-electron chi connectivity index (χ3n) is 4.99. The molecule has 3 nitrogen and oxygen atoms in total. The molecule has 0 radical (unpaired) electrons. The largest absolute Gasteiger partial charge is 0.490 e. The van der Waals surface area contributed by atoms with Crippen molar-refractivity contribution < 1.29 is 27.1 Å². The summed E-state index contributed by atoms with van der Waals surface area (Å²) in [6.45, 7) is -2.31. The van der Waals surface area contributed by atoms with E-state index in [-0.39, 0.29) is 42.1 Å². The predicted molar refractivity (Wildman–Crippen MR) is 86.2 cm³/mol. The van der Waals surface area contributed by atoms with E-state index in [0.717, 1.165) is 0 Å². The highest BCUT2D eigenvalue weighted by Gasteiger charge is 2.52. The molecule has 1 fully saturated rings. The maximum absolute atomic E-state index is 14.3. The van der Waals surface area contributed by atoms with Crippen LogP contribution < -0.4 is 4.74 Å². The standard InChI is InChI=1S/C19H15F4NO2/c20-8-18(9-21)10-26-16-13(18)7-14(17(25)19(23)5-6-19)24-15(16)11-1-3-12(22)4-2-11/h1-4,7H,5-6,8-10H2. The Kier molecular flexibility index (Phi) is 3.78. The number of ether oxygens (including phenoxy) is 1. The second-order valence-electron chi connectivity index (χ2n) is 6.87. The number of pyridine rings is 1. The van der Waals surface area contributed by atoms with Gasteiger partial charge in [0.05, 0.1) is 5.41 Å². The molecule has 2 heterocycles. The van der Waals surface area contributed by atoms with Crippen LogP contribution in [0.5, 0.6) is 5.75 Å². The van der Waals surface area contributed by atoms with E-state index in [9.17, 15) is 22.4 Å². The molecule has 26 heavy (non-hydrogen) atoms. The Hall–Kier alpha value is -2.44. The molecule has 2 aromatic rings. The molecule has 0 saturated heterocycles. The quantitative estimate of drug-likeness (QED) is 0.591. The molecule has 1 aromatic carbocycles. The van der Waals surface area contributed by atoms with Gasteiger partial charge in [0.25, 0.3) is 0 Å². The summed E-state index contributed by atoms with van der Waals surface area (Å²) < 4.78 is 60.3. The number of hydrogen-bond donors (Lipinski definition) is 0. The lowest BCUT2D eigenvalue weighted by atomic mass is 9.84. The number of fused-ring (bicyclic) bond motifs is 1. The molecular formula is C19H15F4NO2. The number of Topliss-reactive ketones (excluding diaryl/α,β-unsaturated/α-hetero) is 1. The molecule has 0 bridgehead atoms. The van der Waals surface area contributed by atoms with Crippen LogP contribution >= 0.6 is 0 Å². The van der Waals surface area contributed by atoms with Gasteiger partial charge in [0.2, 0.25) is 5.78 Å². The Balaban J connectivity index is 1.92. The number of nitrogens with zero attached hydrogens (tertiary/aromatic N) is 1. The number of carbonyl (C=O) groups excluding carboxylic acids is 1. The first-order chi connectivity index (χ1) is 12.4. The molecule has 136 valence electrons. The zero-order valence-electron chi connectivity index (χ0n) is 13.7. The highest BCUT2D eigenvalue weighted by atomic mass is 19.1. The van der Waals surface area contributed by atoms with Crippen molar-refractivity contribution in [2.24, 2.45) is 0 Å². The minimum Gasteiger partial charge on any atom is -0.490 e. The topological polar surface area (TPSA) is 39.2 Å². The number of ketones is 1. The van der Waals surface area contributed by atoms with Gasteiger partial charge in [0.1, 0.15) is 42.9 Å². The van der Waals surface area contributed by atoms with Crippen molar-refractivity contribution in [1.29, 1.82) is 0 Å². The van der Waals surface area contributed by atoms with Crippen molar-refractivity contribution in [3.8, 4) is 17.0 Å². The van der Waals surface area contributed by atoms with Gasteiger partial charge in [-0.3, -0.25) is 4.79 Å². The summed E-state index contributed by atoms with van der Waals surface area (Å²) in [5.74, 6) is -1.13. The minimum atomic E-state index is -1.96. The molecule has 4 rings (SSSR count). The molecular weight excluding hydrogens is 350 g/mol. The van der Waals surface area contributed by atoms with Gasteiger partial charge < -0.3 is 4.74 Å². The van der Waals surface area contributed by atoms with Gasteiger partial charge in [-0.1, -0.05) is 0 Å². The summed E-state index contributed by atoms with van der Waals surface area (Å²) in [5.41, 5.74) is -2.98. The van der Waals surface area contributed by atoms with E-state index in [1.807, 2.05) is 0 Å². The van der Waals surface area contributed by atoms with Gasteiger partial charge in [-0.25, -0.2) is 22.5 Å². The second-order valence-corrected chi connectivity index (χ2v) is 6.87. The summed E-state index contributed by atoms with van der Waals surface area (Å²) in [4.78, 5) is 16.6. The van der Waals surface area contributed by atoms with Crippen LogP contribution in [0, 0.1) is 5.82 Å². The molecule has 1 saturated carbocycles. The fraction of sp³-hybridized carbons (Fsp3) is 0.368. The van der Waals surface area contributed by atoms with Crippen molar-refractivity contribution in [2.75, 3.05) is 20.0 Å². The average molecular weight is 365 g/mol. The number of aromatic nitrogens is 1. The molecule has 1 aliphatic carbocycles. The number of carbonyl (C=O) groups is 1. The molecule has 2 aliphatic rings. The van der Waals surface area contributed by atoms with Gasteiger partial charge in [-0.2, -0.15) is 0 Å². The number of rotatable bonds is 5. The average Bonchev–Trinajstić information content (AvgIpc) is 3.30. The molecule has 0 unspecified atom stereocenters. The Morgan fingerprint density at radius 2 is 1.81 bits per heavy atom. The zero-order chi connectivity index (χ0) is 18.5. The van der Waals surface area contributed by atoms with Crippen LogP contribution in [-0.4, -0.2) is 36.4 Å². The van der Waals surface area contributed by atoms with E-state index >= 15 is 0 Å². The summed E-state index contributed by atoms with van der Waals surface area (Å²) in [5, 5.41) is 0. The van der Waals surface area contributed by atoms with Gasteiger partial charge in [-0.15, -0.1) is 0 Å². The van der Waals surface area contributed by atoms with Crippen LogP contribution in [0.4, 0.5) is 17.6 Å². The smallest absolute Gasteiger partial charge is 0.218 e. The number of halogens is 4. The summed E-state index contributed by atoms with van der Waals surface area (Å²) >= 11 is 0. The first-order valence-corrected chi connectivity index (χ1v) is 8.22. The van der Waals surface area contributed by atoms with E-state index < -0.39 is 36.0 Å². The number of benzene rings is 1. The normalized spacial score (nSPS) is 18.9. The van der Waals surface area contributed by atoms with Crippen LogP contribution in [0.15, 0.2) is 30.3 Å². The van der Waals surface area contributed by atoms with E-state index in [0.29, 0.717) is 5.56 Å². The summed E-state index contributed by atoms with van der Waals surface area (Å²) in [6, 6.07) is 6.46. The highest BCUT2D eigenvalue weighted by molar-refractivity contribution is 6.03. The van der Waals surface area contributed by atoms with Crippen LogP contribution in [0.25, 0.3) is 11.3 Å². The van der Waals surface area contributed by atoms with Crippen molar-refractivity contribution >= 4 is 5.78 Å². The predicted octanol–water partition coefficient (Wildman–Crippen LogP) is 4.14. The van der Waals surface area contributed by atoms with Crippen LogP contribution in [-0.2, 0) is 5.41 Å². The lowest BCUT2D eigenvalue weighted by Gasteiger charge is -2.20. The van der Waals surface area contributed by atoms with Crippen LogP contribution in [0.3, 0.4) is 0 Å². The first-order valence-electron chi connectivity index (χ1n) is 8.22. The minimum absolute atomic E-state index is 0.102. The number of hydrogen-bond acceptors (Lipinski definition) is 3. The third kappa shape index (κ3) is 2.48. The molecule has 1 aromatic heterocycles. The molecule has 0 amide bonds. The Morgan fingerprint density at radius 1 is 1.15 bits per heavy atom. The van der Waals surface area contributed by atoms with Crippen LogP contribution in [0.1, 0.15) is 28.9 Å². The van der Waals surface area contributed by atoms with Crippen molar-refractivity contribution in [3.05, 3.63) is 47.4 Å². The Morgan fingerprint density at radius 3 is 2.38 bits per heavy atom. The van der Waals surface area contributed by atoms with Crippen LogP contribution in [0.2, 0.25) is 0 Å². The fourth-order valence-electron chi connectivity index (χ4n) is 3.10.